The molecular formula is C7H10IN3O. The van der Waals surface area contributed by atoms with Crippen molar-refractivity contribution in [1.29, 1.82) is 0 Å². The van der Waals surface area contributed by atoms with Gasteiger partial charge in [-0.2, -0.15) is 0 Å². The van der Waals surface area contributed by atoms with Gasteiger partial charge < -0.3 is 10.5 Å². The summed E-state index contributed by atoms with van der Waals surface area (Å²) in [7, 11) is 1.53. The van der Waals surface area contributed by atoms with Crippen LogP contribution in [0.4, 0.5) is 0 Å². The molecule has 0 amide bonds. The molecule has 0 radical (unpaired) electrons. The number of aromatic nitrogens is 2. The van der Waals surface area contributed by atoms with Gasteiger partial charge >= 0.3 is 6.01 Å². The van der Waals surface area contributed by atoms with Gasteiger partial charge in [-0.3, -0.25) is 0 Å². The summed E-state index contributed by atoms with van der Waals surface area (Å²) in [5, 5.41) is 0. The van der Waals surface area contributed by atoms with Gasteiger partial charge in [-0.25, -0.2) is 9.97 Å². The smallest absolute Gasteiger partial charge is 0.316 e. The Bertz CT molecular complexity index is 254. The van der Waals surface area contributed by atoms with E-state index in [1.807, 2.05) is 6.92 Å². The summed E-state index contributed by atoms with van der Waals surface area (Å²) >= 11 is 2.12. The minimum atomic E-state index is -0.427. The van der Waals surface area contributed by atoms with Crippen LogP contribution in [0.5, 0.6) is 6.01 Å². The summed E-state index contributed by atoms with van der Waals surface area (Å²) in [6.45, 7) is 1.89. The van der Waals surface area contributed by atoms with E-state index in [2.05, 4.69) is 32.6 Å². The molecule has 0 aliphatic carbocycles. The molecule has 12 heavy (non-hydrogen) atoms. The van der Waals surface area contributed by atoms with Crippen molar-refractivity contribution >= 4 is 22.6 Å². The Balaban J connectivity index is 2.93. The molecule has 0 aromatic carbocycles. The molecule has 4 nitrogen and oxygen atoms in total. The molecule has 2 N–H and O–H groups in total. The van der Waals surface area contributed by atoms with E-state index in [4.69, 9.17) is 10.5 Å². The zero-order valence-electron chi connectivity index (χ0n) is 6.91. The summed E-state index contributed by atoms with van der Waals surface area (Å²) in [4.78, 5) is 7.89. The van der Waals surface area contributed by atoms with Crippen LogP contribution in [-0.2, 0) is 3.55 Å². The predicted molar refractivity (Wildman–Crippen MR) is 54.1 cm³/mol. The van der Waals surface area contributed by atoms with Crippen LogP contribution in [0.1, 0.15) is 12.5 Å². The topological polar surface area (TPSA) is 61.0 Å². The lowest BCUT2D eigenvalue weighted by Crippen LogP contribution is -2.25. The number of halogens is 1. The largest absolute Gasteiger partial charge is 0.467 e. The Hall–Kier alpha value is -0.430. The molecule has 0 unspecified atom stereocenters. The first-order chi connectivity index (χ1) is 5.54. The van der Waals surface area contributed by atoms with Crippen LogP contribution in [-0.4, -0.2) is 17.1 Å². The SMILES string of the molecule is COc1ncc([C@](C)(N)I)cn1. The van der Waals surface area contributed by atoms with Crippen LogP contribution in [0.15, 0.2) is 12.4 Å². The molecule has 0 aliphatic heterocycles. The Kier molecular flexibility index (Phi) is 2.84. The lowest BCUT2D eigenvalue weighted by molar-refractivity contribution is 0.379. The van der Waals surface area contributed by atoms with Crippen LogP contribution in [0.3, 0.4) is 0 Å². The van der Waals surface area contributed by atoms with Crippen LogP contribution in [0, 0.1) is 0 Å². The summed E-state index contributed by atoms with van der Waals surface area (Å²) in [6, 6.07) is 0.361. The molecule has 1 aromatic heterocycles. The number of rotatable bonds is 2. The van der Waals surface area contributed by atoms with Gasteiger partial charge in [0.15, 0.2) is 0 Å². The van der Waals surface area contributed by atoms with Gasteiger partial charge in [0.25, 0.3) is 0 Å². The molecule has 1 rings (SSSR count). The van der Waals surface area contributed by atoms with Crippen LogP contribution in [0.25, 0.3) is 0 Å². The normalized spacial score (nSPS) is 15.3. The minimum absolute atomic E-state index is 0.361. The van der Waals surface area contributed by atoms with Gasteiger partial charge in [-0.05, 0) is 6.92 Å². The molecule has 0 aliphatic rings. The van der Waals surface area contributed by atoms with Crippen molar-refractivity contribution in [2.45, 2.75) is 10.5 Å². The number of nitrogens with zero attached hydrogens (tertiary/aromatic N) is 2. The van der Waals surface area contributed by atoms with Crippen molar-refractivity contribution < 1.29 is 4.74 Å². The van der Waals surface area contributed by atoms with Gasteiger partial charge in [0.2, 0.25) is 0 Å². The number of methoxy groups -OCH3 is 1. The van der Waals surface area contributed by atoms with Crippen LogP contribution >= 0.6 is 22.6 Å². The predicted octanol–water partition coefficient (Wildman–Crippen LogP) is 1.05. The number of ether oxygens (including phenoxy) is 1. The molecule has 1 atom stereocenters. The number of hydrogen-bond donors (Lipinski definition) is 1. The highest BCUT2D eigenvalue weighted by molar-refractivity contribution is 14.1. The minimum Gasteiger partial charge on any atom is -0.467 e. The standard InChI is InChI=1S/C7H10IN3O/c1-7(8,9)5-3-10-6(12-2)11-4-5/h3-4H,9H2,1-2H3/t7-/m0/s1. The van der Waals surface area contributed by atoms with Crippen LogP contribution in [0.2, 0.25) is 0 Å². The maximum absolute atomic E-state index is 5.81. The average molecular weight is 279 g/mol. The van der Waals surface area contributed by atoms with E-state index in [1.165, 1.54) is 7.11 Å². The van der Waals surface area contributed by atoms with E-state index in [0.717, 1.165) is 5.56 Å². The van der Waals surface area contributed by atoms with Crippen LogP contribution < -0.4 is 10.5 Å². The summed E-state index contributed by atoms with van der Waals surface area (Å²) < 4.78 is 4.39. The fraction of sp³-hybridized carbons (Fsp3) is 0.429. The Morgan fingerprint density at radius 2 is 2.00 bits per heavy atom. The first-order valence-electron chi connectivity index (χ1n) is 3.38. The van der Waals surface area contributed by atoms with E-state index < -0.39 is 3.55 Å². The Morgan fingerprint density at radius 1 is 1.50 bits per heavy atom. The molecule has 5 heteroatoms. The van der Waals surface area contributed by atoms with Crippen molar-refractivity contribution in [3.8, 4) is 6.01 Å². The first-order valence-corrected chi connectivity index (χ1v) is 4.46. The highest BCUT2D eigenvalue weighted by atomic mass is 127. The van der Waals surface area contributed by atoms with Crippen molar-refractivity contribution in [3.05, 3.63) is 18.0 Å². The second kappa shape index (κ2) is 3.53. The zero-order chi connectivity index (χ0) is 9.19. The molecule has 66 valence electrons. The Labute approximate surface area is 84.7 Å². The summed E-state index contributed by atoms with van der Waals surface area (Å²) in [5.41, 5.74) is 6.69. The zero-order valence-corrected chi connectivity index (χ0v) is 9.07. The van der Waals surface area contributed by atoms with Gasteiger partial charge in [0.05, 0.1) is 10.7 Å². The molecule has 0 bridgehead atoms. The molecule has 0 saturated heterocycles. The molecular weight excluding hydrogens is 269 g/mol. The average Bonchev–Trinajstić information content (AvgIpc) is 2.03. The molecule has 0 saturated carbocycles. The first kappa shape index (κ1) is 9.66. The number of hydrogen-bond acceptors (Lipinski definition) is 4. The maximum atomic E-state index is 5.81. The number of nitrogens with two attached hydrogens (primary N) is 1. The second-order valence-electron chi connectivity index (χ2n) is 2.53. The van der Waals surface area contributed by atoms with E-state index in [1.54, 1.807) is 12.4 Å². The molecule has 1 heterocycles. The van der Waals surface area contributed by atoms with Gasteiger partial charge in [-0.1, -0.05) is 22.6 Å². The van der Waals surface area contributed by atoms with Crippen molar-refractivity contribution in [1.82, 2.24) is 9.97 Å². The van der Waals surface area contributed by atoms with Crippen molar-refractivity contribution in [2.75, 3.05) is 7.11 Å². The van der Waals surface area contributed by atoms with Gasteiger partial charge in [0, 0.05) is 18.0 Å². The summed E-state index contributed by atoms with van der Waals surface area (Å²) in [5.74, 6) is 0. The van der Waals surface area contributed by atoms with E-state index in [0.29, 0.717) is 6.01 Å². The van der Waals surface area contributed by atoms with Crippen molar-refractivity contribution in [2.24, 2.45) is 5.73 Å². The van der Waals surface area contributed by atoms with E-state index in [9.17, 15) is 0 Å². The summed E-state index contributed by atoms with van der Waals surface area (Å²) in [6.07, 6.45) is 3.33. The highest BCUT2D eigenvalue weighted by Gasteiger charge is 2.16. The molecule has 0 fully saturated rings. The van der Waals surface area contributed by atoms with Gasteiger partial charge in [0.1, 0.15) is 0 Å². The monoisotopic (exact) mass is 279 g/mol. The third-order valence-electron chi connectivity index (χ3n) is 1.38. The second-order valence-corrected chi connectivity index (χ2v) is 4.77. The molecule has 1 aromatic rings. The lowest BCUT2D eigenvalue weighted by atomic mass is 10.2. The lowest BCUT2D eigenvalue weighted by Gasteiger charge is -2.15. The maximum Gasteiger partial charge on any atom is 0.316 e. The van der Waals surface area contributed by atoms with E-state index in [-0.39, 0.29) is 0 Å². The third kappa shape index (κ3) is 2.28. The fourth-order valence-electron chi connectivity index (χ4n) is 0.674. The number of alkyl halides is 1. The van der Waals surface area contributed by atoms with Crippen molar-refractivity contribution in [3.63, 3.8) is 0 Å². The fourth-order valence-corrected chi connectivity index (χ4v) is 0.953. The quantitative estimate of drug-likeness (QED) is 0.499. The van der Waals surface area contributed by atoms with E-state index >= 15 is 0 Å². The molecule has 0 spiro atoms. The van der Waals surface area contributed by atoms with Gasteiger partial charge in [-0.15, -0.1) is 0 Å². The Morgan fingerprint density at radius 3 is 2.33 bits per heavy atom. The third-order valence-corrected chi connectivity index (χ3v) is 2.00. The highest BCUT2D eigenvalue weighted by Crippen LogP contribution is 2.23.